The molecule has 260 valence electrons. The second-order valence-corrected chi connectivity index (χ2v) is 15.4. The standard InChI is InChI=1S/C38H58N4O5/c1-37(2,3)46-35(44)41-24-16-29(17-25-41)27-39-20-9-10-21-42(36(45)47-38(4,5)6)28-30-18-22-40(23-19-30)34(43)26-32-14-11-13-31-12-7-8-15-33(31)32/h7-8,11-15,29-30,39H,9-10,16-28H2,1-6H3. The Morgan fingerprint density at radius 2 is 1.40 bits per heavy atom. The van der Waals surface area contributed by atoms with E-state index in [0.717, 1.165) is 94.1 Å². The highest BCUT2D eigenvalue weighted by molar-refractivity contribution is 5.90. The van der Waals surface area contributed by atoms with Crippen molar-refractivity contribution < 1.29 is 23.9 Å². The van der Waals surface area contributed by atoms with E-state index in [1.54, 1.807) is 0 Å². The largest absolute Gasteiger partial charge is 0.444 e. The normalized spacial score (nSPS) is 16.7. The van der Waals surface area contributed by atoms with Crippen molar-refractivity contribution in [1.82, 2.24) is 20.0 Å². The summed E-state index contributed by atoms with van der Waals surface area (Å²) in [6, 6.07) is 14.4. The van der Waals surface area contributed by atoms with Crippen LogP contribution in [0.2, 0.25) is 0 Å². The van der Waals surface area contributed by atoms with Crippen molar-refractivity contribution in [3.05, 3.63) is 48.0 Å². The molecule has 0 atom stereocenters. The van der Waals surface area contributed by atoms with Crippen LogP contribution in [-0.2, 0) is 20.7 Å². The van der Waals surface area contributed by atoms with Crippen LogP contribution in [0.5, 0.6) is 0 Å². The van der Waals surface area contributed by atoms with Gasteiger partial charge in [-0.25, -0.2) is 9.59 Å². The number of carbonyl (C=O) groups is 3. The molecule has 2 saturated heterocycles. The summed E-state index contributed by atoms with van der Waals surface area (Å²) >= 11 is 0. The van der Waals surface area contributed by atoms with Crippen LogP contribution < -0.4 is 5.32 Å². The van der Waals surface area contributed by atoms with Crippen LogP contribution in [-0.4, -0.2) is 96.4 Å². The molecule has 0 spiro atoms. The number of unbranched alkanes of at least 4 members (excludes halogenated alkanes) is 1. The van der Waals surface area contributed by atoms with E-state index in [2.05, 4.69) is 29.6 Å². The van der Waals surface area contributed by atoms with E-state index >= 15 is 0 Å². The van der Waals surface area contributed by atoms with Crippen molar-refractivity contribution in [2.45, 2.75) is 97.7 Å². The first-order valence-electron chi connectivity index (χ1n) is 17.7. The molecule has 47 heavy (non-hydrogen) atoms. The van der Waals surface area contributed by atoms with Gasteiger partial charge in [0.25, 0.3) is 0 Å². The summed E-state index contributed by atoms with van der Waals surface area (Å²) in [6.45, 7) is 17.5. The number of nitrogens with zero attached hydrogens (tertiary/aromatic N) is 3. The Morgan fingerprint density at radius 1 is 0.787 bits per heavy atom. The molecule has 2 aliphatic heterocycles. The van der Waals surface area contributed by atoms with Gasteiger partial charge >= 0.3 is 12.2 Å². The van der Waals surface area contributed by atoms with E-state index in [0.29, 0.717) is 31.3 Å². The van der Waals surface area contributed by atoms with E-state index in [-0.39, 0.29) is 18.1 Å². The van der Waals surface area contributed by atoms with E-state index in [4.69, 9.17) is 9.47 Å². The smallest absolute Gasteiger partial charge is 0.410 e. The van der Waals surface area contributed by atoms with Crippen molar-refractivity contribution in [1.29, 1.82) is 0 Å². The van der Waals surface area contributed by atoms with Crippen LogP contribution in [0.4, 0.5) is 9.59 Å². The molecule has 2 aromatic rings. The second kappa shape index (κ2) is 16.7. The van der Waals surface area contributed by atoms with E-state index in [9.17, 15) is 14.4 Å². The summed E-state index contributed by atoms with van der Waals surface area (Å²) in [4.78, 5) is 44.4. The first kappa shape index (κ1) is 36.5. The van der Waals surface area contributed by atoms with Crippen molar-refractivity contribution in [3.8, 4) is 0 Å². The summed E-state index contributed by atoms with van der Waals surface area (Å²) in [5.74, 6) is 1.07. The molecule has 1 N–H and O–H groups in total. The molecular formula is C38H58N4O5. The summed E-state index contributed by atoms with van der Waals surface area (Å²) in [5, 5.41) is 5.90. The van der Waals surface area contributed by atoms with Gasteiger partial charge < -0.3 is 29.5 Å². The molecule has 0 aromatic heterocycles. The quantitative estimate of drug-likeness (QED) is 0.267. The third-order valence-corrected chi connectivity index (χ3v) is 9.05. The average molecular weight is 651 g/mol. The summed E-state index contributed by atoms with van der Waals surface area (Å²) < 4.78 is 11.3. The molecule has 4 rings (SSSR count). The zero-order chi connectivity index (χ0) is 34.0. The summed E-state index contributed by atoms with van der Waals surface area (Å²) in [7, 11) is 0. The highest BCUT2D eigenvalue weighted by atomic mass is 16.6. The Balaban J connectivity index is 1.17. The third kappa shape index (κ3) is 12.0. The van der Waals surface area contributed by atoms with Gasteiger partial charge in [-0.05, 0) is 121 Å². The van der Waals surface area contributed by atoms with Gasteiger partial charge in [-0.15, -0.1) is 0 Å². The van der Waals surface area contributed by atoms with Crippen LogP contribution >= 0.6 is 0 Å². The van der Waals surface area contributed by atoms with E-state index in [1.165, 1.54) is 0 Å². The molecule has 2 aromatic carbocycles. The Kier molecular flexibility index (Phi) is 12.9. The number of nitrogens with one attached hydrogen (secondary N) is 1. The van der Waals surface area contributed by atoms with Gasteiger partial charge in [-0.1, -0.05) is 42.5 Å². The molecule has 0 radical (unpaired) electrons. The lowest BCUT2D eigenvalue weighted by atomic mass is 9.95. The molecule has 2 fully saturated rings. The molecule has 0 unspecified atom stereocenters. The lowest BCUT2D eigenvalue weighted by Gasteiger charge is -2.35. The Hall–Kier alpha value is -3.33. The van der Waals surface area contributed by atoms with Crippen LogP contribution in [0.3, 0.4) is 0 Å². The first-order chi connectivity index (χ1) is 22.3. The SMILES string of the molecule is CC(C)(C)OC(=O)N1CCC(CNCCCCN(CC2CCN(C(=O)Cc3cccc4ccccc34)CC2)C(=O)OC(C)(C)C)CC1. The fourth-order valence-electron chi connectivity index (χ4n) is 6.49. The van der Waals surface area contributed by atoms with Gasteiger partial charge in [-0.2, -0.15) is 0 Å². The number of likely N-dealkylation sites (tertiary alicyclic amines) is 2. The minimum absolute atomic E-state index is 0.171. The minimum Gasteiger partial charge on any atom is -0.444 e. The number of amides is 3. The third-order valence-electron chi connectivity index (χ3n) is 9.05. The zero-order valence-corrected chi connectivity index (χ0v) is 29.7. The number of piperidine rings is 2. The molecule has 0 aliphatic carbocycles. The topological polar surface area (TPSA) is 91.4 Å². The predicted octanol–water partition coefficient (Wildman–Crippen LogP) is 6.87. The predicted molar refractivity (Wildman–Crippen MR) is 187 cm³/mol. The number of carbonyl (C=O) groups excluding carboxylic acids is 3. The maximum absolute atomic E-state index is 13.2. The Morgan fingerprint density at radius 3 is 2.09 bits per heavy atom. The van der Waals surface area contributed by atoms with Crippen molar-refractivity contribution >= 4 is 28.9 Å². The zero-order valence-electron chi connectivity index (χ0n) is 29.7. The van der Waals surface area contributed by atoms with Gasteiger partial charge in [0.15, 0.2) is 0 Å². The monoisotopic (exact) mass is 650 g/mol. The van der Waals surface area contributed by atoms with Gasteiger partial charge in [0, 0.05) is 39.3 Å². The van der Waals surface area contributed by atoms with Crippen LogP contribution in [0.15, 0.2) is 42.5 Å². The highest BCUT2D eigenvalue weighted by Gasteiger charge is 2.29. The van der Waals surface area contributed by atoms with E-state index in [1.807, 2.05) is 74.4 Å². The number of ether oxygens (including phenoxy) is 2. The number of fused-ring (bicyclic) bond motifs is 1. The summed E-state index contributed by atoms with van der Waals surface area (Å²) in [6.07, 6.45) is 5.53. The van der Waals surface area contributed by atoms with Crippen molar-refractivity contribution in [3.63, 3.8) is 0 Å². The highest BCUT2D eigenvalue weighted by Crippen LogP contribution is 2.24. The fourth-order valence-corrected chi connectivity index (χ4v) is 6.49. The number of benzene rings is 2. The van der Waals surface area contributed by atoms with Crippen LogP contribution in [0.1, 0.15) is 85.6 Å². The first-order valence-corrected chi connectivity index (χ1v) is 17.7. The lowest BCUT2D eigenvalue weighted by Crippen LogP contribution is -2.45. The molecule has 9 nitrogen and oxygen atoms in total. The molecular weight excluding hydrogens is 592 g/mol. The minimum atomic E-state index is -0.548. The van der Waals surface area contributed by atoms with Gasteiger partial charge in [0.2, 0.25) is 5.91 Å². The molecule has 9 heteroatoms. The van der Waals surface area contributed by atoms with Gasteiger partial charge in [0.05, 0.1) is 6.42 Å². The lowest BCUT2D eigenvalue weighted by molar-refractivity contribution is -0.131. The molecule has 0 bridgehead atoms. The van der Waals surface area contributed by atoms with Crippen molar-refractivity contribution in [2.24, 2.45) is 11.8 Å². The van der Waals surface area contributed by atoms with Gasteiger partial charge in [-0.3, -0.25) is 4.79 Å². The molecule has 0 saturated carbocycles. The molecule has 2 aliphatic rings. The maximum Gasteiger partial charge on any atom is 0.410 e. The second-order valence-electron chi connectivity index (χ2n) is 15.4. The number of rotatable bonds is 11. The number of hydrogen-bond donors (Lipinski definition) is 1. The Labute approximate surface area is 282 Å². The van der Waals surface area contributed by atoms with Crippen molar-refractivity contribution in [2.75, 3.05) is 52.4 Å². The van der Waals surface area contributed by atoms with Crippen LogP contribution in [0, 0.1) is 11.8 Å². The fraction of sp³-hybridized carbons (Fsp3) is 0.658. The van der Waals surface area contributed by atoms with E-state index < -0.39 is 11.2 Å². The molecule has 2 heterocycles. The average Bonchev–Trinajstić information content (AvgIpc) is 3.01. The maximum atomic E-state index is 13.2. The Bertz CT molecular complexity index is 1310. The molecule has 3 amide bonds. The summed E-state index contributed by atoms with van der Waals surface area (Å²) in [5.41, 5.74) is 0.0586. The van der Waals surface area contributed by atoms with Crippen LogP contribution in [0.25, 0.3) is 10.8 Å². The van der Waals surface area contributed by atoms with Gasteiger partial charge in [0.1, 0.15) is 11.2 Å². The number of hydrogen-bond acceptors (Lipinski definition) is 6.